The molecule has 1 saturated heterocycles. The van der Waals surface area contributed by atoms with E-state index in [1.54, 1.807) is 25.3 Å². The maximum Gasteiger partial charge on any atom is 0.408 e. The number of alkyl carbamates (subject to hydrolysis) is 1. The summed E-state index contributed by atoms with van der Waals surface area (Å²) in [5.74, 6) is 0.136. The van der Waals surface area contributed by atoms with Gasteiger partial charge in [0.2, 0.25) is 5.91 Å². The van der Waals surface area contributed by atoms with Crippen molar-refractivity contribution in [1.82, 2.24) is 10.2 Å². The van der Waals surface area contributed by atoms with Gasteiger partial charge in [0.05, 0.1) is 27.4 Å². The van der Waals surface area contributed by atoms with Crippen LogP contribution in [-0.4, -0.2) is 55.8 Å². The molecular weight excluding hydrogens is 440 g/mol. The fraction of sp³-hybridized carbons (Fsp3) is 0.400. The van der Waals surface area contributed by atoms with Crippen molar-refractivity contribution in [2.75, 3.05) is 20.8 Å². The highest BCUT2D eigenvalue weighted by Crippen LogP contribution is 2.30. The van der Waals surface area contributed by atoms with Gasteiger partial charge in [0, 0.05) is 11.6 Å². The number of likely N-dealkylation sites (tertiary alicyclic amines) is 1. The van der Waals surface area contributed by atoms with Crippen molar-refractivity contribution in [2.24, 2.45) is 0 Å². The average Bonchev–Trinajstić information content (AvgIpc) is 2.87. The molecule has 182 valence electrons. The summed E-state index contributed by atoms with van der Waals surface area (Å²) >= 11 is 0. The van der Waals surface area contributed by atoms with E-state index in [2.05, 4.69) is 5.32 Å². The SMILES string of the molecule is CCCCOC(=O)C1C(NC(=O)OCc2ccccc2)C(=O)N1Cc1ccc(OC)cc1OC. The van der Waals surface area contributed by atoms with Gasteiger partial charge < -0.3 is 29.2 Å². The lowest BCUT2D eigenvalue weighted by Crippen LogP contribution is -2.73. The second kappa shape index (κ2) is 11.9. The molecule has 3 rings (SSSR count). The molecule has 2 atom stereocenters. The van der Waals surface area contributed by atoms with Gasteiger partial charge in [0.25, 0.3) is 0 Å². The number of hydrogen-bond donors (Lipinski definition) is 1. The highest BCUT2D eigenvalue weighted by molar-refractivity contribution is 6.01. The van der Waals surface area contributed by atoms with Crippen molar-refractivity contribution >= 4 is 18.0 Å². The Balaban J connectivity index is 1.70. The molecule has 2 aromatic carbocycles. The topological polar surface area (TPSA) is 103 Å². The third kappa shape index (κ3) is 5.98. The summed E-state index contributed by atoms with van der Waals surface area (Å²) < 4.78 is 21.2. The number of carbonyl (C=O) groups excluding carboxylic acids is 3. The Labute approximate surface area is 198 Å². The molecule has 0 aromatic heterocycles. The second-order valence-corrected chi connectivity index (χ2v) is 7.79. The van der Waals surface area contributed by atoms with Crippen molar-refractivity contribution in [2.45, 2.75) is 45.0 Å². The predicted octanol–water partition coefficient (Wildman–Crippen LogP) is 3.05. The molecule has 1 aliphatic rings. The molecule has 0 aliphatic carbocycles. The van der Waals surface area contributed by atoms with Crippen LogP contribution >= 0.6 is 0 Å². The Hall–Kier alpha value is -3.75. The largest absolute Gasteiger partial charge is 0.497 e. The van der Waals surface area contributed by atoms with Gasteiger partial charge in [-0.05, 0) is 24.1 Å². The first-order valence-corrected chi connectivity index (χ1v) is 11.1. The van der Waals surface area contributed by atoms with Gasteiger partial charge in [-0.2, -0.15) is 0 Å². The number of carbonyl (C=O) groups is 3. The van der Waals surface area contributed by atoms with Crippen LogP contribution in [0.5, 0.6) is 11.5 Å². The number of nitrogens with one attached hydrogen (secondary N) is 1. The third-order valence-corrected chi connectivity index (χ3v) is 5.51. The molecular formula is C25H30N2O7. The number of β-lactam (4-membered cyclic amide) rings is 1. The zero-order valence-electron chi connectivity index (χ0n) is 19.6. The molecule has 1 N–H and O–H groups in total. The van der Waals surface area contributed by atoms with Crippen molar-refractivity contribution in [3.8, 4) is 11.5 Å². The van der Waals surface area contributed by atoms with Crippen LogP contribution in [0, 0.1) is 0 Å². The van der Waals surface area contributed by atoms with E-state index in [0.29, 0.717) is 23.5 Å². The summed E-state index contributed by atoms with van der Waals surface area (Å²) in [7, 11) is 3.06. The lowest BCUT2D eigenvalue weighted by Gasteiger charge is -2.45. The fourth-order valence-corrected chi connectivity index (χ4v) is 3.59. The molecule has 1 heterocycles. The van der Waals surface area contributed by atoms with E-state index in [1.165, 1.54) is 12.0 Å². The Kier molecular flexibility index (Phi) is 8.73. The van der Waals surface area contributed by atoms with Crippen molar-refractivity contribution in [1.29, 1.82) is 0 Å². The summed E-state index contributed by atoms with van der Waals surface area (Å²) in [6.45, 7) is 2.38. The van der Waals surface area contributed by atoms with E-state index >= 15 is 0 Å². The molecule has 0 spiro atoms. The predicted molar refractivity (Wildman–Crippen MR) is 123 cm³/mol. The first-order valence-electron chi connectivity index (χ1n) is 11.1. The normalized spacial score (nSPS) is 16.9. The first kappa shape index (κ1) is 24.9. The van der Waals surface area contributed by atoms with Gasteiger partial charge in [0.1, 0.15) is 24.1 Å². The molecule has 2 aromatic rings. The van der Waals surface area contributed by atoms with E-state index in [1.807, 2.05) is 37.3 Å². The maximum absolute atomic E-state index is 12.9. The van der Waals surface area contributed by atoms with Crippen LogP contribution in [0.1, 0.15) is 30.9 Å². The van der Waals surface area contributed by atoms with Gasteiger partial charge in [0.15, 0.2) is 6.04 Å². The highest BCUT2D eigenvalue weighted by atomic mass is 16.6. The molecule has 0 saturated carbocycles. The summed E-state index contributed by atoms with van der Waals surface area (Å²) in [5, 5.41) is 2.52. The zero-order chi connectivity index (χ0) is 24.5. The third-order valence-electron chi connectivity index (χ3n) is 5.51. The second-order valence-electron chi connectivity index (χ2n) is 7.79. The van der Waals surface area contributed by atoms with Crippen LogP contribution in [0.15, 0.2) is 48.5 Å². The lowest BCUT2D eigenvalue weighted by atomic mass is 9.93. The highest BCUT2D eigenvalue weighted by Gasteiger charge is 2.53. The van der Waals surface area contributed by atoms with Gasteiger partial charge in [-0.1, -0.05) is 43.7 Å². The van der Waals surface area contributed by atoms with E-state index < -0.39 is 30.1 Å². The van der Waals surface area contributed by atoms with E-state index in [0.717, 1.165) is 12.0 Å². The first-order chi connectivity index (χ1) is 16.5. The number of benzene rings is 2. The summed E-state index contributed by atoms with van der Waals surface area (Å²) in [4.78, 5) is 39.4. The van der Waals surface area contributed by atoms with Crippen LogP contribution in [0.2, 0.25) is 0 Å². The maximum atomic E-state index is 12.9. The number of unbranched alkanes of at least 4 members (excludes halogenated alkanes) is 1. The molecule has 34 heavy (non-hydrogen) atoms. The molecule has 1 fully saturated rings. The minimum absolute atomic E-state index is 0.0476. The number of nitrogens with zero attached hydrogens (tertiary/aromatic N) is 1. The minimum Gasteiger partial charge on any atom is -0.497 e. The quantitative estimate of drug-likeness (QED) is 0.306. The van der Waals surface area contributed by atoms with Crippen LogP contribution in [-0.2, 0) is 32.2 Å². The molecule has 9 nitrogen and oxygen atoms in total. The number of amides is 2. The molecule has 2 unspecified atom stereocenters. The van der Waals surface area contributed by atoms with Crippen molar-refractivity contribution < 1.29 is 33.3 Å². The molecule has 0 radical (unpaired) electrons. The molecule has 9 heteroatoms. The minimum atomic E-state index is -1.07. The van der Waals surface area contributed by atoms with E-state index in [9.17, 15) is 14.4 Å². The Bertz CT molecular complexity index is 996. The average molecular weight is 471 g/mol. The Morgan fingerprint density at radius 1 is 1.03 bits per heavy atom. The van der Waals surface area contributed by atoms with Gasteiger partial charge >= 0.3 is 12.1 Å². The number of ether oxygens (including phenoxy) is 4. The van der Waals surface area contributed by atoms with Gasteiger partial charge in [-0.3, -0.25) is 4.79 Å². The zero-order valence-corrected chi connectivity index (χ0v) is 19.6. The molecule has 1 aliphatic heterocycles. The monoisotopic (exact) mass is 470 g/mol. The summed E-state index contributed by atoms with van der Waals surface area (Å²) in [6, 6.07) is 12.3. The Morgan fingerprint density at radius 3 is 2.47 bits per heavy atom. The van der Waals surface area contributed by atoms with Crippen molar-refractivity contribution in [3.63, 3.8) is 0 Å². The van der Waals surface area contributed by atoms with Crippen LogP contribution in [0.3, 0.4) is 0 Å². The Morgan fingerprint density at radius 2 is 1.79 bits per heavy atom. The van der Waals surface area contributed by atoms with Gasteiger partial charge in [-0.25, -0.2) is 9.59 Å². The van der Waals surface area contributed by atoms with Gasteiger partial charge in [-0.15, -0.1) is 0 Å². The van der Waals surface area contributed by atoms with Crippen LogP contribution < -0.4 is 14.8 Å². The summed E-state index contributed by atoms with van der Waals surface area (Å²) in [6.07, 6.45) is 0.780. The van der Waals surface area contributed by atoms with Crippen molar-refractivity contribution in [3.05, 3.63) is 59.7 Å². The number of rotatable bonds is 11. The number of esters is 1. The van der Waals surface area contributed by atoms with Crippen LogP contribution in [0.4, 0.5) is 4.79 Å². The molecule has 0 bridgehead atoms. The summed E-state index contributed by atoms with van der Waals surface area (Å²) in [5.41, 5.74) is 1.49. The van der Waals surface area contributed by atoms with E-state index in [4.69, 9.17) is 18.9 Å². The standard InChI is InChI=1S/C25H30N2O7/c1-4-5-13-33-24(29)22-21(26-25(30)34-16-17-9-7-6-8-10-17)23(28)27(22)15-18-11-12-19(31-2)14-20(18)32-3/h6-12,14,21-22H,4-5,13,15-16H2,1-3H3,(H,26,30). The van der Waals surface area contributed by atoms with Crippen LogP contribution in [0.25, 0.3) is 0 Å². The van der Waals surface area contributed by atoms with E-state index in [-0.39, 0.29) is 19.8 Å². The molecule has 2 amide bonds. The fourth-order valence-electron chi connectivity index (χ4n) is 3.59. The number of hydrogen-bond acceptors (Lipinski definition) is 7. The lowest BCUT2D eigenvalue weighted by molar-refractivity contribution is -0.170. The smallest absolute Gasteiger partial charge is 0.408 e. The number of methoxy groups -OCH3 is 2.